The molecule has 0 aromatic heterocycles. The van der Waals surface area contributed by atoms with Gasteiger partial charge in [-0.3, -0.25) is 4.79 Å². The van der Waals surface area contributed by atoms with Gasteiger partial charge in [0.15, 0.2) is 0 Å². The third-order valence-corrected chi connectivity index (χ3v) is 7.47. The van der Waals surface area contributed by atoms with Crippen LogP contribution >= 0.6 is 0 Å². The number of carbonyl (C=O) groups excluding carboxylic acids is 2. The van der Waals surface area contributed by atoms with E-state index < -0.39 is 11.4 Å². The van der Waals surface area contributed by atoms with Crippen LogP contribution in [0.25, 0.3) is 17.2 Å². The number of hydrogen-bond donors (Lipinski definition) is 0. The fraction of sp³-hybridized carbons (Fsp3) is 0.282. The Morgan fingerprint density at radius 2 is 1.46 bits per heavy atom. The molecule has 7 nitrogen and oxygen atoms in total. The number of aryl methyl sites for hydroxylation is 2. The first-order chi connectivity index (χ1) is 22.1. The second-order valence-electron chi connectivity index (χ2n) is 11.6. The largest absolute Gasteiger partial charge is 0.496 e. The van der Waals surface area contributed by atoms with E-state index in [0.29, 0.717) is 42.3 Å². The molecule has 0 aliphatic rings. The number of rotatable bonds is 15. The number of ether oxygens (including phenoxy) is 5. The lowest BCUT2D eigenvalue weighted by molar-refractivity contribution is -0.144. The lowest BCUT2D eigenvalue weighted by Crippen LogP contribution is -2.29. The molecule has 0 saturated heterocycles. The van der Waals surface area contributed by atoms with E-state index in [0.717, 1.165) is 28.0 Å². The highest BCUT2D eigenvalue weighted by atomic mass is 16.6. The van der Waals surface area contributed by atoms with Crippen molar-refractivity contribution >= 4 is 18.0 Å². The van der Waals surface area contributed by atoms with E-state index in [1.165, 1.54) is 13.2 Å². The lowest BCUT2D eigenvalue weighted by atomic mass is 9.88. The summed E-state index contributed by atoms with van der Waals surface area (Å²) in [7, 11) is 1.51. The highest BCUT2D eigenvalue weighted by Gasteiger charge is 2.29. The van der Waals surface area contributed by atoms with E-state index in [4.69, 9.17) is 23.7 Å². The molecule has 0 amide bonds. The molecule has 0 atom stereocenters. The minimum absolute atomic E-state index is 0.100. The SMILES string of the molecule is COc1cc(OC(=O)C(C)(C)CCCOc2cc(C)ccc2C)ccc1C=CC(=O)OCCOc1ccc(-c2ccccc2)cc1. The minimum atomic E-state index is -0.712. The van der Waals surface area contributed by atoms with Crippen molar-refractivity contribution in [3.63, 3.8) is 0 Å². The van der Waals surface area contributed by atoms with Crippen molar-refractivity contribution < 1.29 is 33.3 Å². The van der Waals surface area contributed by atoms with Crippen molar-refractivity contribution in [2.75, 3.05) is 26.9 Å². The van der Waals surface area contributed by atoms with Crippen LogP contribution in [0.5, 0.6) is 23.0 Å². The summed E-state index contributed by atoms with van der Waals surface area (Å²) in [5.74, 6) is 1.52. The summed E-state index contributed by atoms with van der Waals surface area (Å²) in [6, 6.07) is 29.0. The molecule has 0 fully saturated rings. The van der Waals surface area contributed by atoms with Gasteiger partial charge in [0.2, 0.25) is 0 Å². The second-order valence-corrected chi connectivity index (χ2v) is 11.6. The summed E-state index contributed by atoms with van der Waals surface area (Å²) in [6.45, 7) is 8.60. The molecule has 240 valence electrons. The average molecular weight is 623 g/mol. The summed E-state index contributed by atoms with van der Waals surface area (Å²) in [4.78, 5) is 25.3. The van der Waals surface area contributed by atoms with Gasteiger partial charge in [0, 0.05) is 17.7 Å². The van der Waals surface area contributed by atoms with Gasteiger partial charge in [0.05, 0.1) is 19.1 Å². The lowest BCUT2D eigenvalue weighted by Gasteiger charge is -2.22. The normalized spacial score (nSPS) is 11.2. The molecule has 4 aromatic rings. The number of benzene rings is 4. The summed E-state index contributed by atoms with van der Waals surface area (Å²) < 4.78 is 28.1. The van der Waals surface area contributed by atoms with Crippen LogP contribution in [0.3, 0.4) is 0 Å². The number of esters is 2. The summed E-state index contributed by atoms with van der Waals surface area (Å²) in [5.41, 5.74) is 4.38. The molecule has 4 rings (SSSR count). The molecular formula is C39H42O7. The monoisotopic (exact) mass is 622 g/mol. The predicted molar refractivity (Wildman–Crippen MR) is 180 cm³/mol. The molecule has 0 aliphatic carbocycles. The topological polar surface area (TPSA) is 80.3 Å². The second kappa shape index (κ2) is 16.3. The first-order valence-corrected chi connectivity index (χ1v) is 15.4. The Morgan fingerprint density at radius 3 is 2.20 bits per heavy atom. The summed E-state index contributed by atoms with van der Waals surface area (Å²) >= 11 is 0. The molecule has 0 unspecified atom stereocenters. The van der Waals surface area contributed by atoms with Crippen molar-refractivity contribution in [1.29, 1.82) is 0 Å². The van der Waals surface area contributed by atoms with Gasteiger partial charge in [-0.15, -0.1) is 0 Å². The molecule has 0 radical (unpaired) electrons. The molecule has 7 heteroatoms. The van der Waals surface area contributed by atoms with Gasteiger partial charge in [-0.25, -0.2) is 4.79 Å². The maximum absolute atomic E-state index is 13.0. The molecular weight excluding hydrogens is 580 g/mol. The third-order valence-electron chi connectivity index (χ3n) is 7.47. The van der Waals surface area contributed by atoms with Crippen LogP contribution < -0.4 is 18.9 Å². The van der Waals surface area contributed by atoms with Crippen LogP contribution in [0.1, 0.15) is 43.4 Å². The number of hydrogen-bond acceptors (Lipinski definition) is 7. The average Bonchev–Trinajstić information content (AvgIpc) is 3.06. The van der Waals surface area contributed by atoms with E-state index in [9.17, 15) is 9.59 Å². The Balaban J connectivity index is 1.20. The Kier molecular flexibility index (Phi) is 12.0. The first kappa shape index (κ1) is 33.8. The van der Waals surface area contributed by atoms with Crippen LogP contribution in [-0.2, 0) is 14.3 Å². The Labute approximate surface area is 271 Å². The van der Waals surface area contributed by atoms with Gasteiger partial charge in [-0.1, -0.05) is 54.6 Å². The van der Waals surface area contributed by atoms with Crippen molar-refractivity contribution in [1.82, 2.24) is 0 Å². The van der Waals surface area contributed by atoms with Gasteiger partial charge < -0.3 is 23.7 Å². The molecule has 0 aliphatic heterocycles. The molecule has 46 heavy (non-hydrogen) atoms. The highest BCUT2D eigenvalue weighted by molar-refractivity contribution is 5.87. The quantitative estimate of drug-likeness (QED) is 0.0570. The van der Waals surface area contributed by atoms with Crippen molar-refractivity contribution in [3.05, 3.63) is 114 Å². The predicted octanol–water partition coefficient (Wildman–Crippen LogP) is 8.41. The fourth-order valence-corrected chi connectivity index (χ4v) is 4.68. The fourth-order valence-electron chi connectivity index (χ4n) is 4.68. The zero-order chi connectivity index (χ0) is 32.9. The van der Waals surface area contributed by atoms with Crippen LogP contribution in [0.15, 0.2) is 97.1 Å². The third kappa shape index (κ3) is 9.99. The van der Waals surface area contributed by atoms with E-state index in [2.05, 4.69) is 18.2 Å². The van der Waals surface area contributed by atoms with Crippen LogP contribution in [0.4, 0.5) is 0 Å². The molecule has 0 spiro atoms. The first-order valence-electron chi connectivity index (χ1n) is 15.4. The van der Waals surface area contributed by atoms with E-state index in [1.54, 1.807) is 24.3 Å². The van der Waals surface area contributed by atoms with Crippen LogP contribution in [0.2, 0.25) is 0 Å². The Hall–Kier alpha value is -5.04. The molecule has 0 heterocycles. The highest BCUT2D eigenvalue weighted by Crippen LogP contribution is 2.30. The minimum Gasteiger partial charge on any atom is -0.496 e. The standard InChI is InChI=1S/C39H42O7/c1-28-12-13-29(2)35(26-28)44-23-9-22-39(3,4)38(41)46-34-20-16-32(36(27-34)42-5)17-21-37(40)45-25-24-43-33-18-14-31(15-19-33)30-10-7-6-8-11-30/h6-8,10-21,26-27H,9,22-25H2,1-5H3. The van der Waals surface area contributed by atoms with Gasteiger partial charge >= 0.3 is 11.9 Å². The zero-order valence-corrected chi connectivity index (χ0v) is 27.2. The smallest absolute Gasteiger partial charge is 0.330 e. The van der Waals surface area contributed by atoms with Crippen molar-refractivity contribution in [3.8, 4) is 34.1 Å². The Morgan fingerprint density at radius 1 is 0.739 bits per heavy atom. The van der Waals surface area contributed by atoms with Crippen LogP contribution in [0, 0.1) is 19.3 Å². The molecule has 0 saturated carbocycles. The van der Waals surface area contributed by atoms with Gasteiger partial charge in [0.25, 0.3) is 0 Å². The number of methoxy groups -OCH3 is 1. The maximum Gasteiger partial charge on any atom is 0.330 e. The molecule has 0 N–H and O–H groups in total. The van der Waals surface area contributed by atoms with E-state index >= 15 is 0 Å². The van der Waals surface area contributed by atoms with Crippen molar-refractivity contribution in [2.24, 2.45) is 5.41 Å². The van der Waals surface area contributed by atoms with Gasteiger partial charge in [-0.2, -0.15) is 0 Å². The van der Waals surface area contributed by atoms with Crippen molar-refractivity contribution in [2.45, 2.75) is 40.5 Å². The summed E-state index contributed by atoms with van der Waals surface area (Å²) in [5, 5.41) is 0. The Bertz CT molecular complexity index is 1620. The van der Waals surface area contributed by atoms with Gasteiger partial charge in [0.1, 0.15) is 36.2 Å². The number of carbonyl (C=O) groups is 2. The van der Waals surface area contributed by atoms with E-state index in [1.807, 2.05) is 82.3 Å². The maximum atomic E-state index is 13.0. The zero-order valence-electron chi connectivity index (χ0n) is 27.2. The van der Waals surface area contributed by atoms with Gasteiger partial charge in [-0.05, 0) is 99.2 Å². The van der Waals surface area contributed by atoms with Crippen LogP contribution in [-0.4, -0.2) is 38.9 Å². The molecule has 0 bridgehead atoms. The van der Waals surface area contributed by atoms with E-state index in [-0.39, 0.29) is 19.2 Å². The summed E-state index contributed by atoms with van der Waals surface area (Å²) in [6.07, 6.45) is 4.21. The molecule has 4 aromatic carbocycles.